The number of imidazole rings is 1. The predicted octanol–water partition coefficient (Wildman–Crippen LogP) is 1.26. The largest absolute Gasteiger partial charge is 0.353 e. The highest BCUT2D eigenvalue weighted by Crippen LogP contribution is 2.31. The summed E-state index contributed by atoms with van der Waals surface area (Å²) in [7, 11) is 0. The highest BCUT2D eigenvalue weighted by molar-refractivity contribution is 5.52. The van der Waals surface area contributed by atoms with Gasteiger partial charge < -0.3 is 10.6 Å². The van der Waals surface area contributed by atoms with Crippen LogP contribution >= 0.6 is 0 Å². The highest BCUT2D eigenvalue weighted by atomic mass is 15.3. The van der Waals surface area contributed by atoms with Crippen molar-refractivity contribution in [3.8, 4) is 0 Å². The van der Waals surface area contributed by atoms with Crippen LogP contribution in [0.1, 0.15) is 12.8 Å². The normalized spacial score (nSPS) is 15.6. The van der Waals surface area contributed by atoms with Crippen LogP contribution < -0.4 is 10.6 Å². The van der Waals surface area contributed by atoms with Gasteiger partial charge in [0, 0.05) is 31.5 Å². The van der Waals surface area contributed by atoms with Crippen molar-refractivity contribution >= 4 is 11.5 Å². The van der Waals surface area contributed by atoms with E-state index in [1.54, 1.807) is 0 Å². The van der Waals surface area contributed by atoms with Crippen molar-refractivity contribution in [2.45, 2.75) is 18.9 Å². The minimum Gasteiger partial charge on any atom is -0.353 e. The van der Waals surface area contributed by atoms with Gasteiger partial charge in [-0.05, 0) is 25.0 Å². The SMILES string of the molecule is NCCN(c1cccc2nccn12)C1CC1. The number of nitrogens with two attached hydrogens (primary N) is 1. The Balaban J connectivity index is 2.04. The lowest BCUT2D eigenvalue weighted by Crippen LogP contribution is -2.32. The Morgan fingerprint density at radius 2 is 2.31 bits per heavy atom. The molecular formula is C12H16N4. The summed E-state index contributed by atoms with van der Waals surface area (Å²) in [4.78, 5) is 6.70. The molecule has 0 amide bonds. The summed E-state index contributed by atoms with van der Waals surface area (Å²) >= 11 is 0. The van der Waals surface area contributed by atoms with Crippen LogP contribution in [0.4, 0.5) is 5.82 Å². The lowest BCUT2D eigenvalue weighted by molar-refractivity contribution is 0.764. The van der Waals surface area contributed by atoms with Gasteiger partial charge in [-0.15, -0.1) is 0 Å². The van der Waals surface area contributed by atoms with Crippen molar-refractivity contribution in [3.05, 3.63) is 30.6 Å². The van der Waals surface area contributed by atoms with Gasteiger partial charge in [-0.2, -0.15) is 0 Å². The molecule has 0 unspecified atom stereocenters. The van der Waals surface area contributed by atoms with E-state index in [2.05, 4.69) is 26.4 Å². The minimum absolute atomic E-state index is 0.677. The van der Waals surface area contributed by atoms with Crippen LogP contribution in [-0.4, -0.2) is 28.5 Å². The van der Waals surface area contributed by atoms with E-state index in [1.165, 1.54) is 18.7 Å². The van der Waals surface area contributed by atoms with Crippen molar-refractivity contribution < 1.29 is 0 Å². The molecule has 3 rings (SSSR count). The summed E-state index contributed by atoms with van der Waals surface area (Å²) < 4.78 is 2.13. The Morgan fingerprint density at radius 1 is 1.44 bits per heavy atom. The Labute approximate surface area is 94.7 Å². The molecule has 0 saturated heterocycles. The second-order valence-electron chi connectivity index (χ2n) is 4.25. The first kappa shape index (κ1) is 9.66. The highest BCUT2D eigenvalue weighted by Gasteiger charge is 2.29. The quantitative estimate of drug-likeness (QED) is 0.837. The Bertz CT molecular complexity index is 486. The van der Waals surface area contributed by atoms with Crippen molar-refractivity contribution in [3.63, 3.8) is 0 Å². The molecule has 0 atom stereocenters. The summed E-state index contributed by atoms with van der Waals surface area (Å²) in [6.07, 6.45) is 6.42. The number of aromatic nitrogens is 2. The van der Waals surface area contributed by atoms with Gasteiger partial charge in [0.2, 0.25) is 0 Å². The van der Waals surface area contributed by atoms with Crippen molar-refractivity contribution in [2.24, 2.45) is 5.73 Å². The molecule has 0 spiro atoms. The van der Waals surface area contributed by atoms with Crippen LogP contribution in [0.2, 0.25) is 0 Å². The Kier molecular flexibility index (Phi) is 2.29. The molecule has 2 N–H and O–H groups in total. The average Bonchev–Trinajstić information content (AvgIpc) is 3.02. The number of pyridine rings is 1. The van der Waals surface area contributed by atoms with E-state index in [0.29, 0.717) is 12.6 Å². The van der Waals surface area contributed by atoms with Gasteiger partial charge in [0.05, 0.1) is 0 Å². The lowest BCUT2D eigenvalue weighted by atomic mass is 10.3. The predicted molar refractivity (Wildman–Crippen MR) is 64.6 cm³/mol. The zero-order chi connectivity index (χ0) is 11.0. The molecule has 1 aliphatic carbocycles. The molecule has 84 valence electrons. The first-order chi connectivity index (χ1) is 7.90. The number of hydrogen-bond donors (Lipinski definition) is 1. The second-order valence-corrected chi connectivity index (χ2v) is 4.25. The van der Waals surface area contributed by atoms with Crippen LogP contribution in [0.25, 0.3) is 5.65 Å². The molecule has 4 heteroatoms. The smallest absolute Gasteiger partial charge is 0.138 e. The number of anilines is 1. The van der Waals surface area contributed by atoms with Gasteiger partial charge in [-0.25, -0.2) is 4.98 Å². The summed E-state index contributed by atoms with van der Waals surface area (Å²) in [5, 5.41) is 0. The summed E-state index contributed by atoms with van der Waals surface area (Å²) in [6.45, 7) is 1.61. The fourth-order valence-corrected chi connectivity index (χ4v) is 2.18. The molecule has 0 bridgehead atoms. The van der Waals surface area contributed by atoms with Crippen molar-refractivity contribution in [1.82, 2.24) is 9.38 Å². The topological polar surface area (TPSA) is 46.6 Å². The third-order valence-electron chi connectivity index (χ3n) is 3.06. The molecule has 16 heavy (non-hydrogen) atoms. The van der Waals surface area contributed by atoms with Crippen molar-refractivity contribution in [2.75, 3.05) is 18.0 Å². The zero-order valence-electron chi connectivity index (χ0n) is 9.21. The zero-order valence-corrected chi connectivity index (χ0v) is 9.21. The summed E-state index contributed by atoms with van der Waals surface area (Å²) in [5.41, 5.74) is 6.69. The summed E-state index contributed by atoms with van der Waals surface area (Å²) in [5.74, 6) is 1.21. The van der Waals surface area contributed by atoms with Gasteiger partial charge in [0.25, 0.3) is 0 Å². The fourth-order valence-electron chi connectivity index (χ4n) is 2.18. The fraction of sp³-hybridized carbons (Fsp3) is 0.417. The molecule has 0 aromatic carbocycles. The van der Waals surface area contributed by atoms with Crippen LogP contribution in [0.15, 0.2) is 30.6 Å². The maximum atomic E-state index is 5.69. The van der Waals surface area contributed by atoms with Crippen molar-refractivity contribution in [1.29, 1.82) is 0 Å². The average molecular weight is 216 g/mol. The van der Waals surface area contributed by atoms with E-state index in [0.717, 1.165) is 12.2 Å². The van der Waals surface area contributed by atoms with Gasteiger partial charge in [0.15, 0.2) is 0 Å². The van der Waals surface area contributed by atoms with Crippen LogP contribution in [0, 0.1) is 0 Å². The maximum Gasteiger partial charge on any atom is 0.138 e. The maximum absolute atomic E-state index is 5.69. The number of nitrogens with zero attached hydrogens (tertiary/aromatic N) is 3. The molecule has 1 fully saturated rings. The molecule has 2 aromatic heterocycles. The minimum atomic E-state index is 0.677. The van der Waals surface area contributed by atoms with Gasteiger partial charge >= 0.3 is 0 Å². The molecule has 1 aliphatic rings. The molecule has 0 aliphatic heterocycles. The van der Waals surface area contributed by atoms with E-state index in [9.17, 15) is 0 Å². The van der Waals surface area contributed by atoms with E-state index >= 15 is 0 Å². The van der Waals surface area contributed by atoms with Crippen LogP contribution in [0.5, 0.6) is 0 Å². The van der Waals surface area contributed by atoms with Gasteiger partial charge in [-0.1, -0.05) is 6.07 Å². The van der Waals surface area contributed by atoms with Crippen LogP contribution in [-0.2, 0) is 0 Å². The van der Waals surface area contributed by atoms with Gasteiger partial charge in [-0.3, -0.25) is 4.40 Å². The summed E-state index contributed by atoms with van der Waals surface area (Å²) in [6, 6.07) is 6.90. The first-order valence-corrected chi connectivity index (χ1v) is 5.79. The molecular weight excluding hydrogens is 200 g/mol. The third-order valence-corrected chi connectivity index (χ3v) is 3.06. The van der Waals surface area contributed by atoms with Crippen LogP contribution in [0.3, 0.4) is 0 Å². The number of rotatable bonds is 4. The third kappa shape index (κ3) is 1.55. The molecule has 2 aromatic rings. The van der Waals surface area contributed by atoms with E-state index < -0.39 is 0 Å². The molecule has 1 saturated carbocycles. The van der Waals surface area contributed by atoms with E-state index in [-0.39, 0.29) is 0 Å². The second kappa shape index (κ2) is 3.79. The Hall–Kier alpha value is -1.55. The van der Waals surface area contributed by atoms with Gasteiger partial charge in [0.1, 0.15) is 11.5 Å². The molecule has 2 heterocycles. The molecule has 4 nitrogen and oxygen atoms in total. The Morgan fingerprint density at radius 3 is 3.06 bits per heavy atom. The lowest BCUT2D eigenvalue weighted by Gasteiger charge is -2.24. The standard InChI is InChI=1S/C12H16N4/c13-6-8-15(10-4-5-10)12-3-1-2-11-14-7-9-16(11)12/h1-3,7,9-10H,4-6,8,13H2. The van der Waals surface area contributed by atoms with E-state index in [4.69, 9.17) is 5.73 Å². The van der Waals surface area contributed by atoms with E-state index in [1.807, 2.05) is 18.5 Å². The number of fused-ring (bicyclic) bond motifs is 1. The monoisotopic (exact) mass is 216 g/mol. The molecule has 0 radical (unpaired) electrons. The number of hydrogen-bond acceptors (Lipinski definition) is 3. The first-order valence-electron chi connectivity index (χ1n) is 5.79.